The number of benzene rings is 2. The molecule has 0 unspecified atom stereocenters. The van der Waals surface area contributed by atoms with Crippen LogP contribution < -0.4 is 10.1 Å². The molecular formula is C23H22FN3O4S. The lowest BCUT2D eigenvalue weighted by Crippen LogP contribution is -2.19. The third kappa shape index (κ3) is 4.47. The minimum absolute atomic E-state index is 0.00674. The minimum atomic E-state index is -3.56. The van der Waals surface area contributed by atoms with Gasteiger partial charge in [-0.05, 0) is 68.1 Å². The summed E-state index contributed by atoms with van der Waals surface area (Å²) < 4.78 is 43.6. The molecule has 7 nitrogen and oxygen atoms in total. The van der Waals surface area contributed by atoms with Crippen molar-refractivity contribution < 1.29 is 22.3 Å². The Balaban J connectivity index is 1.76. The van der Waals surface area contributed by atoms with Gasteiger partial charge in [0.1, 0.15) is 17.1 Å². The first-order valence-electron chi connectivity index (χ1n) is 10.1. The van der Waals surface area contributed by atoms with Crippen LogP contribution in [0, 0.1) is 19.7 Å². The molecule has 32 heavy (non-hydrogen) atoms. The normalized spacial score (nSPS) is 13.6. The molecule has 1 aliphatic rings. The largest absolute Gasteiger partial charge is 0.437 e. The number of aryl methyl sites for hydroxylation is 1. The molecule has 1 aromatic heterocycles. The molecule has 4 rings (SSSR count). The molecule has 0 saturated heterocycles. The fourth-order valence-corrected chi connectivity index (χ4v) is 4.35. The van der Waals surface area contributed by atoms with Crippen molar-refractivity contribution in [1.29, 1.82) is 0 Å². The van der Waals surface area contributed by atoms with E-state index in [-0.39, 0.29) is 27.9 Å². The second-order valence-corrected chi connectivity index (χ2v) is 9.88. The molecule has 1 aliphatic carbocycles. The average Bonchev–Trinajstić information content (AvgIpc) is 3.55. The van der Waals surface area contributed by atoms with Crippen LogP contribution in [0.15, 0.2) is 47.4 Å². The highest BCUT2D eigenvalue weighted by atomic mass is 32.2. The molecule has 1 heterocycles. The van der Waals surface area contributed by atoms with Gasteiger partial charge in [-0.25, -0.2) is 12.8 Å². The van der Waals surface area contributed by atoms with E-state index in [1.807, 2.05) is 0 Å². The second kappa shape index (κ2) is 8.31. The number of sulfone groups is 1. The van der Waals surface area contributed by atoms with Crippen molar-refractivity contribution in [2.24, 2.45) is 0 Å². The minimum Gasteiger partial charge on any atom is -0.437 e. The van der Waals surface area contributed by atoms with E-state index in [9.17, 15) is 17.6 Å². The van der Waals surface area contributed by atoms with E-state index in [4.69, 9.17) is 4.74 Å². The first kappa shape index (κ1) is 21.9. The van der Waals surface area contributed by atoms with E-state index >= 15 is 0 Å². The second-order valence-electron chi connectivity index (χ2n) is 7.90. The van der Waals surface area contributed by atoms with Crippen molar-refractivity contribution in [3.05, 3.63) is 70.7 Å². The van der Waals surface area contributed by atoms with Gasteiger partial charge in [-0.1, -0.05) is 12.1 Å². The molecule has 0 aliphatic heterocycles. The summed E-state index contributed by atoms with van der Waals surface area (Å²) in [6, 6.07) is 10.2. The Morgan fingerprint density at radius 1 is 1.12 bits per heavy atom. The van der Waals surface area contributed by atoms with Gasteiger partial charge in [-0.3, -0.25) is 4.79 Å². The van der Waals surface area contributed by atoms with Gasteiger partial charge in [-0.15, -0.1) is 5.10 Å². The van der Waals surface area contributed by atoms with Crippen molar-refractivity contribution in [3.8, 4) is 11.6 Å². The fraction of sp³-hybridized carbons (Fsp3) is 0.261. The number of rotatable bonds is 6. The molecule has 0 bridgehead atoms. The number of nitrogens with zero attached hydrogens (tertiary/aromatic N) is 2. The Bertz CT molecular complexity index is 1320. The van der Waals surface area contributed by atoms with Crippen LogP contribution in [0.4, 0.5) is 10.1 Å². The smallest absolute Gasteiger partial charge is 0.261 e. The number of ether oxygens (including phenoxy) is 1. The molecule has 1 N–H and O–H groups in total. The number of carbonyl (C=O) groups excluding carboxylic acids is 1. The van der Waals surface area contributed by atoms with Crippen LogP contribution in [0.1, 0.15) is 45.9 Å². The van der Waals surface area contributed by atoms with Crippen molar-refractivity contribution in [1.82, 2.24) is 10.2 Å². The molecule has 166 valence electrons. The molecule has 1 saturated carbocycles. The maximum Gasteiger partial charge on any atom is 0.261 e. The monoisotopic (exact) mass is 455 g/mol. The number of aromatic nitrogens is 2. The maximum atomic E-state index is 13.5. The molecule has 1 amide bonds. The van der Waals surface area contributed by atoms with Gasteiger partial charge in [0.15, 0.2) is 9.84 Å². The fourth-order valence-electron chi connectivity index (χ4n) is 3.51. The Kier molecular flexibility index (Phi) is 5.68. The lowest BCUT2D eigenvalue weighted by molar-refractivity contribution is 0.102. The summed E-state index contributed by atoms with van der Waals surface area (Å²) in [5.41, 5.74) is 2.19. The van der Waals surface area contributed by atoms with Gasteiger partial charge in [0, 0.05) is 12.2 Å². The Morgan fingerprint density at radius 2 is 1.84 bits per heavy atom. The van der Waals surface area contributed by atoms with Crippen LogP contribution in [0.25, 0.3) is 0 Å². The van der Waals surface area contributed by atoms with E-state index in [1.54, 1.807) is 26.0 Å². The van der Waals surface area contributed by atoms with E-state index in [0.29, 0.717) is 16.9 Å². The number of carbonyl (C=O) groups is 1. The van der Waals surface area contributed by atoms with Gasteiger partial charge >= 0.3 is 0 Å². The van der Waals surface area contributed by atoms with Crippen LogP contribution in [0.3, 0.4) is 0 Å². The first-order valence-corrected chi connectivity index (χ1v) is 12.0. The van der Waals surface area contributed by atoms with E-state index in [2.05, 4.69) is 15.5 Å². The predicted octanol–water partition coefficient (Wildman–Crippen LogP) is 4.56. The van der Waals surface area contributed by atoms with E-state index in [1.165, 1.54) is 30.3 Å². The van der Waals surface area contributed by atoms with Crippen molar-refractivity contribution >= 4 is 21.4 Å². The third-order valence-electron chi connectivity index (χ3n) is 5.29. The zero-order valence-electron chi connectivity index (χ0n) is 17.8. The molecule has 2 aromatic carbocycles. The van der Waals surface area contributed by atoms with Crippen LogP contribution in [-0.2, 0) is 9.84 Å². The van der Waals surface area contributed by atoms with Gasteiger partial charge in [0.05, 0.1) is 16.3 Å². The number of anilines is 1. The SMILES string of the molecule is Cc1cc(F)ccc1Oc1nnc(C2CC2)c(C)c1C(=O)Nc1ccccc1S(C)(=O)=O. The van der Waals surface area contributed by atoms with Crippen molar-refractivity contribution in [3.63, 3.8) is 0 Å². The van der Waals surface area contributed by atoms with Crippen LogP contribution in [0.5, 0.6) is 11.6 Å². The lowest BCUT2D eigenvalue weighted by Gasteiger charge is -2.16. The molecule has 0 spiro atoms. The number of hydrogen-bond donors (Lipinski definition) is 1. The summed E-state index contributed by atoms with van der Waals surface area (Å²) in [7, 11) is -3.56. The molecule has 1 fully saturated rings. The molecule has 9 heteroatoms. The van der Waals surface area contributed by atoms with Gasteiger partial charge in [0.2, 0.25) is 0 Å². The lowest BCUT2D eigenvalue weighted by atomic mass is 10.1. The van der Waals surface area contributed by atoms with Crippen LogP contribution >= 0.6 is 0 Å². The highest BCUT2D eigenvalue weighted by Gasteiger charge is 2.32. The summed E-state index contributed by atoms with van der Waals surface area (Å²) in [5.74, 6) is -0.429. The third-order valence-corrected chi connectivity index (χ3v) is 6.45. The summed E-state index contributed by atoms with van der Waals surface area (Å²) in [6.45, 7) is 3.45. The zero-order chi connectivity index (χ0) is 23.0. The molecule has 0 atom stereocenters. The van der Waals surface area contributed by atoms with E-state index in [0.717, 1.165) is 24.8 Å². The molecular weight excluding hydrogens is 433 g/mol. The summed E-state index contributed by atoms with van der Waals surface area (Å²) >= 11 is 0. The summed E-state index contributed by atoms with van der Waals surface area (Å²) in [5, 5.41) is 11.1. The van der Waals surface area contributed by atoms with Crippen molar-refractivity contribution in [2.45, 2.75) is 37.5 Å². The molecule has 3 aromatic rings. The quantitative estimate of drug-likeness (QED) is 0.585. The van der Waals surface area contributed by atoms with Crippen LogP contribution in [0.2, 0.25) is 0 Å². The average molecular weight is 456 g/mol. The van der Waals surface area contributed by atoms with Crippen LogP contribution in [-0.4, -0.2) is 30.8 Å². The van der Waals surface area contributed by atoms with Gasteiger partial charge in [0.25, 0.3) is 11.8 Å². The zero-order valence-corrected chi connectivity index (χ0v) is 18.7. The number of nitrogens with one attached hydrogen (secondary N) is 1. The molecule has 0 radical (unpaired) electrons. The number of para-hydroxylation sites is 1. The Labute approximate surface area is 185 Å². The number of halogens is 1. The number of amides is 1. The highest BCUT2D eigenvalue weighted by molar-refractivity contribution is 7.90. The van der Waals surface area contributed by atoms with E-state index < -0.39 is 21.6 Å². The number of hydrogen-bond acceptors (Lipinski definition) is 6. The Hall–Kier alpha value is -3.33. The highest BCUT2D eigenvalue weighted by Crippen LogP contribution is 2.42. The summed E-state index contributed by atoms with van der Waals surface area (Å²) in [6.07, 6.45) is 3.00. The Morgan fingerprint density at radius 3 is 2.50 bits per heavy atom. The topological polar surface area (TPSA) is 98.2 Å². The predicted molar refractivity (Wildman–Crippen MR) is 117 cm³/mol. The first-order chi connectivity index (χ1) is 15.1. The van der Waals surface area contributed by atoms with Crippen molar-refractivity contribution in [2.75, 3.05) is 11.6 Å². The van der Waals surface area contributed by atoms with Gasteiger partial charge < -0.3 is 10.1 Å². The van der Waals surface area contributed by atoms with Gasteiger partial charge in [-0.2, -0.15) is 5.10 Å². The standard InChI is InChI=1S/C23H22FN3O4S/c1-13-12-16(24)10-11-18(13)31-23-20(14(2)21(26-27-23)15-8-9-15)22(28)25-17-6-4-5-7-19(17)32(3,29)30/h4-7,10-12,15H,8-9H2,1-3H3,(H,25,28). The summed E-state index contributed by atoms with van der Waals surface area (Å²) in [4.78, 5) is 13.4. The maximum absolute atomic E-state index is 13.5.